The Kier molecular flexibility index (Phi) is 5.53. The molecule has 0 unspecified atom stereocenters. The SMILES string of the molecule is COc1cc(SC)ccc1C(=O)Nc1nc(-c2cc(F)ccc2F)cs1. The fraction of sp³-hybridized carbons (Fsp3) is 0.111. The van der Waals surface area contributed by atoms with Gasteiger partial charge in [-0.1, -0.05) is 0 Å². The minimum Gasteiger partial charge on any atom is -0.496 e. The van der Waals surface area contributed by atoms with Crippen LogP contribution in [0.4, 0.5) is 13.9 Å². The number of anilines is 1. The van der Waals surface area contributed by atoms with Crippen LogP contribution in [0.25, 0.3) is 11.3 Å². The van der Waals surface area contributed by atoms with E-state index in [0.717, 1.165) is 34.4 Å². The number of benzene rings is 2. The molecule has 0 aliphatic rings. The topological polar surface area (TPSA) is 51.2 Å². The molecule has 0 aliphatic carbocycles. The summed E-state index contributed by atoms with van der Waals surface area (Å²) in [6.07, 6.45) is 1.93. The number of aromatic nitrogens is 1. The molecule has 0 radical (unpaired) electrons. The quantitative estimate of drug-likeness (QED) is 0.616. The van der Waals surface area contributed by atoms with E-state index in [2.05, 4.69) is 10.3 Å². The van der Waals surface area contributed by atoms with Crippen molar-refractivity contribution in [1.29, 1.82) is 0 Å². The van der Waals surface area contributed by atoms with Gasteiger partial charge in [-0.25, -0.2) is 13.8 Å². The predicted octanol–water partition coefficient (Wildman–Crippen LogP) is 5.07. The number of thiazole rings is 1. The molecule has 1 amide bonds. The maximum Gasteiger partial charge on any atom is 0.261 e. The molecule has 0 fully saturated rings. The van der Waals surface area contributed by atoms with Gasteiger partial charge >= 0.3 is 0 Å². The van der Waals surface area contributed by atoms with Crippen LogP contribution in [0.2, 0.25) is 0 Å². The van der Waals surface area contributed by atoms with Gasteiger partial charge in [-0.3, -0.25) is 10.1 Å². The molecule has 0 spiro atoms. The summed E-state index contributed by atoms with van der Waals surface area (Å²) in [5.41, 5.74) is 0.662. The zero-order valence-corrected chi connectivity index (χ0v) is 15.5. The number of hydrogen-bond acceptors (Lipinski definition) is 5. The molecule has 0 saturated heterocycles. The molecule has 0 bridgehead atoms. The number of halogens is 2. The number of methoxy groups -OCH3 is 1. The number of rotatable bonds is 5. The van der Waals surface area contributed by atoms with Gasteiger partial charge in [0, 0.05) is 15.8 Å². The number of nitrogens with one attached hydrogen (secondary N) is 1. The van der Waals surface area contributed by atoms with Gasteiger partial charge in [0.2, 0.25) is 0 Å². The molecular formula is C18H14F2N2O2S2. The highest BCUT2D eigenvalue weighted by Crippen LogP contribution is 2.29. The van der Waals surface area contributed by atoms with Crippen molar-refractivity contribution < 1.29 is 18.3 Å². The molecule has 0 atom stereocenters. The minimum atomic E-state index is -0.580. The number of hydrogen-bond donors (Lipinski definition) is 1. The van der Waals surface area contributed by atoms with E-state index >= 15 is 0 Å². The third-order valence-electron chi connectivity index (χ3n) is 3.58. The van der Waals surface area contributed by atoms with Crippen molar-refractivity contribution in [2.45, 2.75) is 4.90 Å². The van der Waals surface area contributed by atoms with Crippen LogP contribution in [0.5, 0.6) is 5.75 Å². The Morgan fingerprint density at radius 3 is 2.77 bits per heavy atom. The first-order chi connectivity index (χ1) is 12.5. The molecule has 1 heterocycles. The van der Waals surface area contributed by atoms with E-state index in [1.54, 1.807) is 17.5 Å². The van der Waals surface area contributed by atoms with E-state index in [4.69, 9.17) is 4.74 Å². The second-order valence-electron chi connectivity index (χ2n) is 5.18. The third kappa shape index (κ3) is 3.86. The van der Waals surface area contributed by atoms with Gasteiger partial charge in [-0.2, -0.15) is 0 Å². The molecule has 2 aromatic carbocycles. The lowest BCUT2D eigenvalue weighted by Crippen LogP contribution is -2.13. The van der Waals surface area contributed by atoms with Crippen LogP contribution in [0.15, 0.2) is 46.7 Å². The number of nitrogens with zero attached hydrogens (tertiary/aromatic N) is 1. The monoisotopic (exact) mass is 392 g/mol. The van der Waals surface area contributed by atoms with Crippen LogP contribution in [0.1, 0.15) is 10.4 Å². The van der Waals surface area contributed by atoms with Gasteiger partial charge in [0.05, 0.1) is 18.4 Å². The average Bonchev–Trinajstić information content (AvgIpc) is 3.11. The lowest BCUT2D eigenvalue weighted by atomic mass is 10.1. The second kappa shape index (κ2) is 7.84. The molecule has 0 aliphatic heterocycles. The Hall–Kier alpha value is -2.45. The van der Waals surface area contributed by atoms with Crippen LogP contribution in [0.3, 0.4) is 0 Å². The first kappa shape index (κ1) is 18.3. The van der Waals surface area contributed by atoms with Gasteiger partial charge in [-0.15, -0.1) is 23.1 Å². The third-order valence-corrected chi connectivity index (χ3v) is 5.07. The van der Waals surface area contributed by atoms with E-state index in [-0.39, 0.29) is 16.4 Å². The maximum atomic E-state index is 13.9. The molecule has 0 saturated carbocycles. The van der Waals surface area contributed by atoms with E-state index in [9.17, 15) is 13.6 Å². The molecule has 134 valence electrons. The van der Waals surface area contributed by atoms with Crippen molar-refractivity contribution in [3.8, 4) is 17.0 Å². The van der Waals surface area contributed by atoms with E-state index in [1.807, 2.05) is 12.3 Å². The molecule has 1 aromatic heterocycles. The van der Waals surface area contributed by atoms with Crippen LogP contribution in [-0.4, -0.2) is 24.3 Å². The van der Waals surface area contributed by atoms with Crippen molar-refractivity contribution in [2.75, 3.05) is 18.7 Å². The van der Waals surface area contributed by atoms with Gasteiger partial charge < -0.3 is 4.74 Å². The van der Waals surface area contributed by atoms with Gasteiger partial charge in [-0.05, 0) is 42.7 Å². The van der Waals surface area contributed by atoms with Crippen molar-refractivity contribution in [3.63, 3.8) is 0 Å². The summed E-state index contributed by atoms with van der Waals surface area (Å²) < 4.78 is 32.5. The summed E-state index contributed by atoms with van der Waals surface area (Å²) >= 11 is 2.66. The van der Waals surface area contributed by atoms with Crippen LogP contribution in [-0.2, 0) is 0 Å². The summed E-state index contributed by atoms with van der Waals surface area (Å²) in [5.74, 6) is -1.08. The highest BCUT2D eigenvalue weighted by atomic mass is 32.2. The second-order valence-corrected chi connectivity index (χ2v) is 6.92. The molecule has 3 aromatic rings. The van der Waals surface area contributed by atoms with Crippen LogP contribution in [0, 0.1) is 11.6 Å². The van der Waals surface area contributed by atoms with Gasteiger partial charge in [0.1, 0.15) is 17.4 Å². The van der Waals surface area contributed by atoms with Crippen LogP contribution < -0.4 is 10.1 Å². The lowest BCUT2D eigenvalue weighted by Gasteiger charge is -2.09. The molecular weight excluding hydrogens is 378 g/mol. The van der Waals surface area contributed by atoms with Gasteiger partial charge in [0.25, 0.3) is 5.91 Å². The minimum absolute atomic E-state index is 0.0450. The largest absolute Gasteiger partial charge is 0.496 e. The Balaban J connectivity index is 1.83. The van der Waals surface area contributed by atoms with Crippen molar-refractivity contribution in [3.05, 3.63) is 59.0 Å². The average molecular weight is 392 g/mol. The zero-order valence-electron chi connectivity index (χ0n) is 13.9. The smallest absolute Gasteiger partial charge is 0.261 e. The molecule has 3 rings (SSSR count). The Bertz CT molecular complexity index is 960. The number of ether oxygens (including phenoxy) is 1. The van der Waals surface area contributed by atoms with E-state index < -0.39 is 17.5 Å². The summed E-state index contributed by atoms with van der Waals surface area (Å²) in [7, 11) is 1.49. The predicted molar refractivity (Wildman–Crippen MR) is 100 cm³/mol. The summed E-state index contributed by atoms with van der Waals surface area (Å²) in [4.78, 5) is 17.6. The lowest BCUT2D eigenvalue weighted by molar-refractivity contribution is 0.102. The van der Waals surface area contributed by atoms with Crippen molar-refractivity contribution >= 4 is 34.1 Å². The fourth-order valence-corrected chi connectivity index (χ4v) is 3.43. The number of carbonyl (C=O) groups excluding carboxylic acids is 1. The fourth-order valence-electron chi connectivity index (χ4n) is 2.30. The van der Waals surface area contributed by atoms with Crippen molar-refractivity contribution in [1.82, 2.24) is 4.98 Å². The molecule has 1 N–H and O–H groups in total. The molecule has 26 heavy (non-hydrogen) atoms. The number of amides is 1. The van der Waals surface area contributed by atoms with E-state index in [0.29, 0.717) is 11.3 Å². The number of thioether (sulfide) groups is 1. The Morgan fingerprint density at radius 2 is 2.04 bits per heavy atom. The zero-order chi connectivity index (χ0) is 18.7. The summed E-state index contributed by atoms with van der Waals surface area (Å²) in [6.45, 7) is 0. The molecule has 4 nitrogen and oxygen atoms in total. The van der Waals surface area contributed by atoms with Crippen LogP contribution >= 0.6 is 23.1 Å². The Labute approximate surface area is 157 Å². The normalized spacial score (nSPS) is 10.6. The standard InChI is InChI=1S/C18H14F2N2O2S2/c1-24-16-8-11(25-2)4-5-12(16)17(23)22-18-21-15(9-26-18)13-7-10(19)3-6-14(13)20/h3-9H,1-2H3,(H,21,22,23). The first-order valence-electron chi connectivity index (χ1n) is 7.46. The first-order valence-corrected chi connectivity index (χ1v) is 9.56. The number of carbonyl (C=O) groups is 1. The maximum absolute atomic E-state index is 13.9. The Morgan fingerprint density at radius 1 is 1.23 bits per heavy atom. The van der Waals surface area contributed by atoms with E-state index in [1.165, 1.54) is 18.9 Å². The summed E-state index contributed by atoms with van der Waals surface area (Å²) in [6, 6.07) is 8.41. The molecule has 8 heteroatoms. The highest BCUT2D eigenvalue weighted by molar-refractivity contribution is 7.98. The highest BCUT2D eigenvalue weighted by Gasteiger charge is 2.16. The van der Waals surface area contributed by atoms with Crippen molar-refractivity contribution in [2.24, 2.45) is 0 Å². The summed E-state index contributed by atoms with van der Waals surface area (Å²) in [5, 5.41) is 4.50. The van der Waals surface area contributed by atoms with Gasteiger partial charge in [0.15, 0.2) is 5.13 Å².